The molecule has 2 aromatic heterocycles. The van der Waals surface area contributed by atoms with Crippen LogP contribution in [0.2, 0.25) is 0 Å². The van der Waals surface area contributed by atoms with Crippen molar-refractivity contribution in [3.63, 3.8) is 0 Å². The van der Waals surface area contributed by atoms with E-state index in [2.05, 4.69) is 10.1 Å². The minimum absolute atomic E-state index is 0.516. The molecular formula is C9H11N5. The second kappa shape index (κ2) is 3.37. The molecule has 72 valence electrons. The van der Waals surface area contributed by atoms with Crippen LogP contribution in [0.25, 0.3) is 0 Å². The minimum atomic E-state index is 0.516. The van der Waals surface area contributed by atoms with E-state index >= 15 is 0 Å². The Kier molecular flexibility index (Phi) is 2.06. The number of nitrogens with two attached hydrogens (primary N) is 2. The Balaban J connectivity index is 2.18. The predicted molar refractivity (Wildman–Crippen MR) is 54.4 cm³/mol. The van der Waals surface area contributed by atoms with Crippen molar-refractivity contribution < 1.29 is 0 Å². The summed E-state index contributed by atoms with van der Waals surface area (Å²) in [4.78, 5) is 3.91. The second-order valence-electron chi connectivity index (χ2n) is 3.06. The maximum absolute atomic E-state index is 5.55. The van der Waals surface area contributed by atoms with Crippen LogP contribution in [0.15, 0.2) is 30.7 Å². The van der Waals surface area contributed by atoms with Crippen LogP contribution in [-0.2, 0) is 6.54 Å². The molecule has 0 aliphatic rings. The molecule has 0 atom stereocenters. The number of anilines is 2. The Morgan fingerprint density at radius 3 is 2.86 bits per heavy atom. The lowest BCUT2D eigenvalue weighted by atomic mass is 10.2. The fourth-order valence-electron chi connectivity index (χ4n) is 1.25. The maximum atomic E-state index is 5.55. The summed E-state index contributed by atoms with van der Waals surface area (Å²) in [5.41, 5.74) is 12.8. The topological polar surface area (TPSA) is 82.8 Å². The highest BCUT2D eigenvalue weighted by Gasteiger charge is 1.97. The number of nitrogens with zero attached hydrogens (tertiary/aromatic N) is 3. The maximum Gasteiger partial charge on any atom is 0.123 e. The van der Waals surface area contributed by atoms with Crippen molar-refractivity contribution in [1.29, 1.82) is 0 Å². The third kappa shape index (κ3) is 1.82. The molecule has 14 heavy (non-hydrogen) atoms. The van der Waals surface area contributed by atoms with Gasteiger partial charge in [-0.05, 0) is 17.7 Å². The SMILES string of the molecule is Nc1cnn(Cc2ccnc(N)c2)c1. The molecule has 0 spiro atoms. The highest BCUT2D eigenvalue weighted by molar-refractivity contribution is 5.33. The molecule has 5 heteroatoms. The van der Waals surface area contributed by atoms with Crippen molar-refractivity contribution in [2.24, 2.45) is 0 Å². The lowest BCUT2D eigenvalue weighted by molar-refractivity contribution is 0.686. The van der Waals surface area contributed by atoms with Gasteiger partial charge in [0.15, 0.2) is 0 Å². The molecule has 0 saturated heterocycles. The Bertz CT molecular complexity index is 434. The van der Waals surface area contributed by atoms with Gasteiger partial charge in [-0.15, -0.1) is 0 Å². The number of nitrogen functional groups attached to an aromatic ring is 2. The first-order valence-corrected chi connectivity index (χ1v) is 4.22. The van der Waals surface area contributed by atoms with Crippen LogP contribution in [0.1, 0.15) is 5.56 Å². The van der Waals surface area contributed by atoms with Gasteiger partial charge in [0.2, 0.25) is 0 Å². The Labute approximate surface area is 81.4 Å². The first kappa shape index (κ1) is 8.55. The number of rotatable bonds is 2. The minimum Gasteiger partial charge on any atom is -0.396 e. The summed E-state index contributed by atoms with van der Waals surface area (Å²) in [6, 6.07) is 3.71. The monoisotopic (exact) mass is 189 g/mol. The Hall–Kier alpha value is -2.04. The molecule has 4 N–H and O–H groups in total. The lowest BCUT2D eigenvalue weighted by Gasteiger charge is -2.01. The van der Waals surface area contributed by atoms with Gasteiger partial charge in [-0.25, -0.2) is 4.98 Å². The number of aromatic nitrogens is 3. The van der Waals surface area contributed by atoms with Crippen LogP contribution >= 0.6 is 0 Å². The average Bonchev–Trinajstić information content (AvgIpc) is 2.51. The lowest BCUT2D eigenvalue weighted by Crippen LogP contribution is -2.01. The van der Waals surface area contributed by atoms with Gasteiger partial charge in [0.05, 0.1) is 18.4 Å². The van der Waals surface area contributed by atoms with Crippen molar-refractivity contribution in [3.8, 4) is 0 Å². The first-order valence-electron chi connectivity index (χ1n) is 4.22. The van der Waals surface area contributed by atoms with Crippen molar-refractivity contribution in [2.75, 3.05) is 11.5 Å². The van der Waals surface area contributed by atoms with Crippen molar-refractivity contribution in [3.05, 3.63) is 36.3 Å². The van der Waals surface area contributed by atoms with E-state index < -0.39 is 0 Å². The van der Waals surface area contributed by atoms with E-state index in [0.717, 1.165) is 5.56 Å². The second-order valence-corrected chi connectivity index (χ2v) is 3.06. The molecule has 0 amide bonds. The zero-order chi connectivity index (χ0) is 9.97. The zero-order valence-corrected chi connectivity index (χ0v) is 7.59. The van der Waals surface area contributed by atoms with Crippen LogP contribution in [0.3, 0.4) is 0 Å². The summed E-state index contributed by atoms with van der Waals surface area (Å²) in [6.45, 7) is 0.657. The van der Waals surface area contributed by atoms with Crippen molar-refractivity contribution in [1.82, 2.24) is 14.8 Å². The molecule has 2 aromatic rings. The van der Waals surface area contributed by atoms with Crippen LogP contribution < -0.4 is 11.5 Å². The molecule has 0 fully saturated rings. The largest absolute Gasteiger partial charge is 0.396 e. The number of hydrogen-bond acceptors (Lipinski definition) is 4. The average molecular weight is 189 g/mol. The van der Waals surface area contributed by atoms with Gasteiger partial charge in [-0.2, -0.15) is 5.10 Å². The molecular weight excluding hydrogens is 178 g/mol. The van der Waals surface area contributed by atoms with E-state index in [-0.39, 0.29) is 0 Å². The van der Waals surface area contributed by atoms with Crippen LogP contribution in [0.4, 0.5) is 11.5 Å². The summed E-state index contributed by atoms with van der Waals surface area (Å²) in [7, 11) is 0. The van der Waals surface area contributed by atoms with Gasteiger partial charge in [0, 0.05) is 12.4 Å². The summed E-state index contributed by atoms with van der Waals surface area (Å²) in [5.74, 6) is 0.516. The first-order chi connectivity index (χ1) is 6.74. The summed E-state index contributed by atoms with van der Waals surface area (Å²) in [5, 5.41) is 4.07. The van der Waals surface area contributed by atoms with Gasteiger partial charge in [0.25, 0.3) is 0 Å². The van der Waals surface area contributed by atoms with E-state index in [1.165, 1.54) is 0 Å². The molecule has 5 nitrogen and oxygen atoms in total. The van der Waals surface area contributed by atoms with Gasteiger partial charge in [-0.3, -0.25) is 4.68 Å². The van der Waals surface area contributed by atoms with Crippen LogP contribution in [0, 0.1) is 0 Å². The van der Waals surface area contributed by atoms with Crippen LogP contribution in [-0.4, -0.2) is 14.8 Å². The van der Waals surface area contributed by atoms with Crippen molar-refractivity contribution >= 4 is 11.5 Å². The summed E-state index contributed by atoms with van der Waals surface area (Å²) in [6.07, 6.45) is 5.07. The normalized spacial score (nSPS) is 10.3. The van der Waals surface area contributed by atoms with Crippen molar-refractivity contribution in [2.45, 2.75) is 6.54 Å². The van der Waals surface area contributed by atoms with Gasteiger partial charge in [0.1, 0.15) is 5.82 Å². The van der Waals surface area contributed by atoms with E-state index in [9.17, 15) is 0 Å². The van der Waals surface area contributed by atoms with Crippen LogP contribution in [0.5, 0.6) is 0 Å². The van der Waals surface area contributed by atoms with E-state index in [1.807, 2.05) is 12.1 Å². The molecule has 2 rings (SSSR count). The third-order valence-corrected chi connectivity index (χ3v) is 1.84. The smallest absolute Gasteiger partial charge is 0.123 e. The predicted octanol–water partition coefficient (Wildman–Crippen LogP) is 0.491. The van der Waals surface area contributed by atoms with E-state index in [0.29, 0.717) is 18.1 Å². The highest BCUT2D eigenvalue weighted by Crippen LogP contribution is 2.06. The van der Waals surface area contributed by atoms with E-state index in [4.69, 9.17) is 11.5 Å². The fraction of sp³-hybridized carbons (Fsp3) is 0.111. The fourth-order valence-corrected chi connectivity index (χ4v) is 1.25. The molecule has 2 heterocycles. The van der Waals surface area contributed by atoms with E-state index in [1.54, 1.807) is 23.3 Å². The quantitative estimate of drug-likeness (QED) is 0.720. The molecule has 0 saturated carbocycles. The van der Waals surface area contributed by atoms with Gasteiger partial charge < -0.3 is 11.5 Å². The molecule has 0 radical (unpaired) electrons. The number of pyridine rings is 1. The standard InChI is InChI=1S/C9H11N5/c10-8-4-13-14(6-8)5-7-1-2-12-9(11)3-7/h1-4,6H,5,10H2,(H2,11,12). The Morgan fingerprint density at radius 1 is 1.36 bits per heavy atom. The van der Waals surface area contributed by atoms with Gasteiger partial charge in [-0.1, -0.05) is 0 Å². The summed E-state index contributed by atoms with van der Waals surface area (Å²) < 4.78 is 1.75. The summed E-state index contributed by atoms with van der Waals surface area (Å²) >= 11 is 0. The number of hydrogen-bond donors (Lipinski definition) is 2. The molecule has 0 bridgehead atoms. The van der Waals surface area contributed by atoms with Gasteiger partial charge >= 0.3 is 0 Å². The Morgan fingerprint density at radius 2 is 2.21 bits per heavy atom. The molecule has 0 unspecified atom stereocenters. The highest BCUT2D eigenvalue weighted by atomic mass is 15.3. The third-order valence-electron chi connectivity index (χ3n) is 1.84. The molecule has 0 aliphatic heterocycles. The molecule has 0 aliphatic carbocycles. The molecule has 0 aromatic carbocycles. The zero-order valence-electron chi connectivity index (χ0n) is 7.59.